The van der Waals surface area contributed by atoms with E-state index in [9.17, 15) is 0 Å². The molecule has 0 atom stereocenters. The fourth-order valence-corrected chi connectivity index (χ4v) is 2.42. The number of aromatic nitrogens is 3. The molecule has 0 aromatic carbocycles. The van der Waals surface area contributed by atoms with E-state index < -0.39 is 0 Å². The van der Waals surface area contributed by atoms with Gasteiger partial charge in [-0.25, -0.2) is 0 Å². The van der Waals surface area contributed by atoms with E-state index >= 15 is 0 Å². The lowest BCUT2D eigenvalue weighted by Gasteiger charge is -2.18. The maximum Gasteiger partial charge on any atom is 0.323 e. The van der Waals surface area contributed by atoms with Crippen LogP contribution in [-0.2, 0) is 6.42 Å². The van der Waals surface area contributed by atoms with Gasteiger partial charge in [-0.05, 0) is 31.7 Å². The molecule has 114 valence electrons. The van der Waals surface area contributed by atoms with Gasteiger partial charge in [0.2, 0.25) is 11.9 Å². The number of anilines is 2. The quantitative estimate of drug-likeness (QED) is 0.847. The van der Waals surface area contributed by atoms with Crippen molar-refractivity contribution in [3.63, 3.8) is 0 Å². The molecular weight excluding hydrogens is 286 g/mol. The molecular formula is C14H21N5OS. The van der Waals surface area contributed by atoms with Crippen molar-refractivity contribution in [1.82, 2.24) is 15.0 Å². The molecule has 0 aliphatic carbocycles. The molecule has 0 fully saturated rings. The molecule has 2 aromatic heterocycles. The minimum atomic E-state index is 0.0291. The van der Waals surface area contributed by atoms with E-state index in [1.807, 2.05) is 25.8 Å². The van der Waals surface area contributed by atoms with E-state index in [1.165, 1.54) is 4.88 Å². The molecule has 0 radical (unpaired) electrons. The van der Waals surface area contributed by atoms with Crippen molar-refractivity contribution in [2.45, 2.75) is 26.4 Å². The van der Waals surface area contributed by atoms with Crippen molar-refractivity contribution in [1.29, 1.82) is 0 Å². The first-order valence-electron chi connectivity index (χ1n) is 6.92. The van der Waals surface area contributed by atoms with Crippen LogP contribution in [-0.4, -0.2) is 41.7 Å². The summed E-state index contributed by atoms with van der Waals surface area (Å²) in [6.07, 6.45) is 0.996. The Hall–Kier alpha value is -1.89. The maximum absolute atomic E-state index is 5.57. The standard InChI is InChI=1S/C14H21N5OS/c1-10(2)20-14-17-12(15-3)16-13(18-14)19(4)8-7-11-6-5-9-21-11/h5-6,9-10H,7-8H2,1-4H3,(H,15,16,17,18). The number of likely N-dealkylation sites (N-methyl/N-ethyl adjacent to an activating group) is 1. The molecule has 0 bridgehead atoms. The molecule has 0 aliphatic rings. The number of rotatable bonds is 7. The summed E-state index contributed by atoms with van der Waals surface area (Å²) in [5.41, 5.74) is 0. The molecule has 0 spiro atoms. The Morgan fingerprint density at radius 1 is 1.33 bits per heavy atom. The number of nitrogens with zero attached hydrogens (tertiary/aromatic N) is 4. The summed E-state index contributed by atoms with van der Waals surface area (Å²) in [5, 5.41) is 5.03. The van der Waals surface area contributed by atoms with Crippen LogP contribution in [0.3, 0.4) is 0 Å². The smallest absolute Gasteiger partial charge is 0.323 e. The molecule has 21 heavy (non-hydrogen) atoms. The molecule has 6 nitrogen and oxygen atoms in total. The summed E-state index contributed by atoms with van der Waals surface area (Å²) in [6, 6.07) is 4.55. The maximum atomic E-state index is 5.57. The highest BCUT2D eigenvalue weighted by Gasteiger charge is 2.12. The van der Waals surface area contributed by atoms with Gasteiger partial charge >= 0.3 is 6.01 Å². The fourth-order valence-electron chi connectivity index (χ4n) is 1.72. The first-order chi connectivity index (χ1) is 10.1. The van der Waals surface area contributed by atoms with Crippen LogP contribution in [0.1, 0.15) is 18.7 Å². The van der Waals surface area contributed by atoms with Crippen molar-refractivity contribution in [2.75, 3.05) is 30.9 Å². The van der Waals surface area contributed by atoms with E-state index in [1.54, 1.807) is 18.4 Å². The monoisotopic (exact) mass is 307 g/mol. The lowest BCUT2D eigenvalue weighted by atomic mass is 10.3. The van der Waals surface area contributed by atoms with Crippen LogP contribution in [0.4, 0.5) is 11.9 Å². The van der Waals surface area contributed by atoms with Crippen molar-refractivity contribution >= 4 is 23.2 Å². The van der Waals surface area contributed by atoms with Crippen LogP contribution in [0.5, 0.6) is 6.01 Å². The second-order valence-corrected chi connectivity index (χ2v) is 5.94. The summed E-state index contributed by atoms with van der Waals surface area (Å²) in [6.45, 7) is 4.74. The SMILES string of the molecule is CNc1nc(OC(C)C)nc(N(C)CCc2cccs2)n1. The van der Waals surface area contributed by atoms with E-state index in [2.05, 4.69) is 37.8 Å². The van der Waals surface area contributed by atoms with Crippen molar-refractivity contribution in [3.05, 3.63) is 22.4 Å². The molecule has 2 aromatic rings. The van der Waals surface area contributed by atoms with Crippen LogP contribution in [0.15, 0.2) is 17.5 Å². The zero-order valence-electron chi connectivity index (χ0n) is 12.8. The van der Waals surface area contributed by atoms with Crippen LogP contribution < -0.4 is 15.0 Å². The second kappa shape index (κ2) is 7.21. The summed E-state index contributed by atoms with van der Waals surface area (Å²) in [7, 11) is 3.76. The average Bonchev–Trinajstić information content (AvgIpc) is 2.96. The van der Waals surface area contributed by atoms with Gasteiger partial charge in [0.1, 0.15) is 0 Å². The highest BCUT2D eigenvalue weighted by Crippen LogP contribution is 2.16. The van der Waals surface area contributed by atoms with Gasteiger partial charge in [-0.15, -0.1) is 11.3 Å². The molecule has 7 heteroatoms. The van der Waals surface area contributed by atoms with Gasteiger partial charge in [0.25, 0.3) is 0 Å². The Morgan fingerprint density at radius 3 is 2.76 bits per heavy atom. The van der Waals surface area contributed by atoms with Gasteiger partial charge in [-0.2, -0.15) is 15.0 Å². The Balaban J connectivity index is 2.09. The number of thiophene rings is 1. The largest absolute Gasteiger partial charge is 0.461 e. The van der Waals surface area contributed by atoms with Crippen LogP contribution in [0.2, 0.25) is 0 Å². The highest BCUT2D eigenvalue weighted by atomic mass is 32.1. The Labute approximate surface area is 129 Å². The third-order valence-corrected chi connectivity index (χ3v) is 3.72. The lowest BCUT2D eigenvalue weighted by Crippen LogP contribution is -2.23. The third-order valence-electron chi connectivity index (χ3n) is 2.78. The predicted molar refractivity (Wildman–Crippen MR) is 86.4 cm³/mol. The van der Waals surface area contributed by atoms with Crippen molar-refractivity contribution in [3.8, 4) is 6.01 Å². The zero-order chi connectivity index (χ0) is 15.2. The second-order valence-electron chi connectivity index (χ2n) is 4.91. The number of ether oxygens (including phenoxy) is 1. The van der Waals surface area contributed by atoms with Gasteiger partial charge in [0.05, 0.1) is 6.10 Å². The molecule has 1 N–H and O–H groups in total. The zero-order valence-corrected chi connectivity index (χ0v) is 13.6. The Morgan fingerprint density at radius 2 is 2.14 bits per heavy atom. The third kappa shape index (κ3) is 4.56. The summed E-state index contributed by atoms with van der Waals surface area (Å²) >= 11 is 1.76. The molecule has 0 amide bonds. The Kier molecular flexibility index (Phi) is 5.32. The van der Waals surface area contributed by atoms with Crippen molar-refractivity contribution < 1.29 is 4.74 Å². The minimum absolute atomic E-state index is 0.0291. The first kappa shape index (κ1) is 15.5. The molecule has 0 aliphatic heterocycles. The highest BCUT2D eigenvalue weighted by molar-refractivity contribution is 7.09. The van der Waals surface area contributed by atoms with Crippen LogP contribution >= 0.6 is 11.3 Å². The summed E-state index contributed by atoms with van der Waals surface area (Å²) in [4.78, 5) is 16.3. The van der Waals surface area contributed by atoms with Gasteiger partial charge in [-0.1, -0.05) is 6.07 Å². The van der Waals surface area contributed by atoms with Crippen LogP contribution in [0, 0.1) is 0 Å². The molecule has 2 heterocycles. The van der Waals surface area contributed by atoms with Gasteiger partial charge in [-0.3, -0.25) is 0 Å². The molecule has 0 unspecified atom stereocenters. The van der Waals surface area contributed by atoms with E-state index in [0.717, 1.165) is 13.0 Å². The van der Waals surface area contributed by atoms with Crippen molar-refractivity contribution in [2.24, 2.45) is 0 Å². The van der Waals surface area contributed by atoms with E-state index in [0.29, 0.717) is 17.9 Å². The number of nitrogens with one attached hydrogen (secondary N) is 1. The normalized spacial score (nSPS) is 10.7. The van der Waals surface area contributed by atoms with Gasteiger partial charge in [0, 0.05) is 25.5 Å². The molecule has 0 saturated carbocycles. The number of hydrogen-bond acceptors (Lipinski definition) is 7. The average molecular weight is 307 g/mol. The van der Waals surface area contributed by atoms with E-state index in [4.69, 9.17) is 4.74 Å². The minimum Gasteiger partial charge on any atom is -0.461 e. The lowest BCUT2D eigenvalue weighted by molar-refractivity contribution is 0.222. The Bertz CT molecular complexity index is 558. The summed E-state index contributed by atoms with van der Waals surface area (Å²) in [5.74, 6) is 1.13. The summed E-state index contributed by atoms with van der Waals surface area (Å²) < 4.78 is 5.57. The first-order valence-corrected chi connectivity index (χ1v) is 7.80. The topological polar surface area (TPSA) is 63.2 Å². The van der Waals surface area contributed by atoms with Crippen LogP contribution in [0.25, 0.3) is 0 Å². The molecule has 0 saturated heterocycles. The van der Waals surface area contributed by atoms with Gasteiger partial charge < -0.3 is 15.0 Å². The fraction of sp³-hybridized carbons (Fsp3) is 0.500. The van der Waals surface area contributed by atoms with Gasteiger partial charge in [0.15, 0.2) is 0 Å². The van der Waals surface area contributed by atoms with E-state index in [-0.39, 0.29) is 6.10 Å². The predicted octanol–water partition coefficient (Wildman–Crippen LogP) is 2.44. The number of hydrogen-bond donors (Lipinski definition) is 1. The molecule has 2 rings (SSSR count).